The van der Waals surface area contributed by atoms with Crippen molar-refractivity contribution in [3.63, 3.8) is 0 Å². The van der Waals surface area contributed by atoms with E-state index in [9.17, 15) is 22.8 Å². The average Bonchev–Trinajstić information content (AvgIpc) is 3.02. The predicted octanol–water partition coefficient (Wildman–Crippen LogP) is 3.88. The largest absolute Gasteiger partial charge is 0.430 e. The molecule has 34 heavy (non-hydrogen) atoms. The number of hydrogen-bond acceptors (Lipinski definition) is 4. The van der Waals surface area contributed by atoms with E-state index in [-0.39, 0.29) is 37.6 Å². The second-order valence-corrected chi connectivity index (χ2v) is 8.49. The van der Waals surface area contributed by atoms with Crippen LogP contribution in [0.2, 0.25) is 0 Å². The highest BCUT2D eigenvalue weighted by Crippen LogP contribution is 2.43. The van der Waals surface area contributed by atoms with Gasteiger partial charge in [0.15, 0.2) is 0 Å². The number of anilines is 1. The molecule has 1 aliphatic heterocycles. The van der Waals surface area contributed by atoms with Crippen LogP contribution in [0.25, 0.3) is 0 Å². The van der Waals surface area contributed by atoms with Crippen molar-refractivity contribution in [3.05, 3.63) is 65.2 Å². The molecule has 1 unspecified atom stereocenters. The molecule has 1 aliphatic rings. The Labute approximate surface area is 197 Å². The number of nitrogens with one attached hydrogen (secondary N) is 1. The predicted molar refractivity (Wildman–Crippen MR) is 123 cm³/mol. The molecule has 0 aliphatic carbocycles. The number of rotatable bonds is 6. The number of para-hydroxylation sites is 1. The Morgan fingerprint density at radius 1 is 0.941 bits per heavy atom. The first-order chi connectivity index (χ1) is 16.1. The lowest BCUT2D eigenvalue weighted by Gasteiger charge is -2.37. The number of hydrogen-bond donors (Lipinski definition) is 1. The molecule has 1 fully saturated rings. The van der Waals surface area contributed by atoms with Crippen molar-refractivity contribution in [1.29, 1.82) is 0 Å². The third-order valence-corrected chi connectivity index (χ3v) is 6.18. The van der Waals surface area contributed by atoms with Crippen molar-refractivity contribution in [2.24, 2.45) is 0 Å². The molecule has 184 valence electrons. The maximum absolute atomic E-state index is 14.3. The molecule has 1 atom stereocenters. The van der Waals surface area contributed by atoms with E-state index in [0.29, 0.717) is 13.0 Å². The molecule has 1 saturated heterocycles. The molecule has 0 radical (unpaired) electrons. The van der Waals surface area contributed by atoms with Crippen molar-refractivity contribution < 1.29 is 27.5 Å². The van der Waals surface area contributed by atoms with Crippen LogP contribution >= 0.6 is 0 Å². The Morgan fingerprint density at radius 3 is 2.18 bits per heavy atom. The monoisotopic (exact) mass is 477 g/mol. The van der Waals surface area contributed by atoms with Crippen LogP contribution in [0.5, 0.6) is 0 Å². The zero-order valence-corrected chi connectivity index (χ0v) is 19.6. The summed E-state index contributed by atoms with van der Waals surface area (Å²) in [6.07, 6.45) is -4.51. The van der Waals surface area contributed by atoms with E-state index >= 15 is 0 Å². The normalized spacial score (nSPS) is 17.1. The van der Waals surface area contributed by atoms with E-state index in [1.165, 1.54) is 29.2 Å². The standard InChI is InChI=1S/C25H30F3N3O3/c1-18-9-7-10-19(2)22(18)29-21(32)17-30-13-8-14-31(16-15-30)23(33)24(34-3,25(26,27)28)20-11-5-4-6-12-20/h4-7,9-12H,8,13-17H2,1-3H3,(H,29,32). The Bertz CT molecular complexity index is 993. The lowest BCUT2D eigenvalue weighted by Crippen LogP contribution is -2.57. The Hall–Kier alpha value is -2.91. The highest BCUT2D eigenvalue weighted by Gasteiger charge is 2.63. The van der Waals surface area contributed by atoms with Gasteiger partial charge in [0.1, 0.15) is 0 Å². The van der Waals surface area contributed by atoms with Crippen molar-refractivity contribution in [1.82, 2.24) is 9.80 Å². The second kappa shape index (κ2) is 10.6. The Balaban J connectivity index is 1.71. The number of aryl methyl sites for hydroxylation is 2. The summed E-state index contributed by atoms with van der Waals surface area (Å²) in [5.74, 6) is -1.35. The number of halogens is 3. The summed E-state index contributed by atoms with van der Waals surface area (Å²) in [7, 11) is 0.903. The minimum Gasteiger partial charge on any atom is -0.356 e. The minimum atomic E-state index is -4.95. The van der Waals surface area contributed by atoms with E-state index < -0.39 is 17.7 Å². The van der Waals surface area contributed by atoms with Crippen molar-refractivity contribution in [2.45, 2.75) is 32.0 Å². The molecule has 0 saturated carbocycles. The topological polar surface area (TPSA) is 61.9 Å². The fraction of sp³-hybridized carbons (Fsp3) is 0.440. The number of carbonyl (C=O) groups is 2. The van der Waals surface area contributed by atoms with E-state index in [2.05, 4.69) is 5.32 Å². The van der Waals surface area contributed by atoms with Gasteiger partial charge < -0.3 is 15.0 Å². The summed E-state index contributed by atoms with van der Waals surface area (Å²) < 4.78 is 47.7. The molecule has 1 heterocycles. The van der Waals surface area contributed by atoms with Gasteiger partial charge in [0.25, 0.3) is 11.5 Å². The van der Waals surface area contributed by atoms with Gasteiger partial charge in [0, 0.05) is 44.5 Å². The molecule has 0 aromatic heterocycles. The highest BCUT2D eigenvalue weighted by atomic mass is 19.4. The van der Waals surface area contributed by atoms with Crippen LogP contribution in [0.15, 0.2) is 48.5 Å². The van der Waals surface area contributed by atoms with Gasteiger partial charge in [-0.3, -0.25) is 14.5 Å². The molecule has 2 aromatic rings. The van der Waals surface area contributed by atoms with Gasteiger partial charge in [0.2, 0.25) is 5.91 Å². The molecule has 2 amide bonds. The van der Waals surface area contributed by atoms with Gasteiger partial charge in [-0.15, -0.1) is 0 Å². The van der Waals surface area contributed by atoms with Crippen LogP contribution in [0.3, 0.4) is 0 Å². The van der Waals surface area contributed by atoms with Gasteiger partial charge in [0.05, 0.1) is 6.54 Å². The van der Waals surface area contributed by atoms with Crippen LogP contribution in [0.1, 0.15) is 23.1 Å². The molecular formula is C25H30F3N3O3. The third-order valence-electron chi connectivity index (χ3n) is 6.18. The zero-order chi connectivity index (χ0) is 24.9. The maximum atomic E-state index is 14.3. The molecule has 3 rings (SSSR count). The van der Waals surface area contributed by atoms with Gasteiger partial charge in [-0.05, 0) is 31.4 Å². The SMILES string of the molecule is COC(C(=O)N1CCCN(CC(=O)Nc2c(C)cccc2C)CC1)(c1ccccc1)C(F)(F)F. The number of carbonyl (C=O) groups excluding carboxylic acids is 2. The lowest BCUT2D eigenvalue weighted by molar-refractivity contribution is -0.270. The Morgan fingerprint density at radius 2 is 1.59 bits per heavy atom. The quantitative estimate of drug-likeness (QED) is 0.686. The molecular weight excluding hydrogens is 447 g/mol. The smallest absolute Gasteiger partial charge is 0.356 e. The molecule has 0 bridgehead atoms. The Kier molecular flexibility index (Phi) is 7.99. The molecule has 9 heteroatoms. The van der Waals surface area contributed by atoms with E-state index in [1.54, 1.807) is 6.07 Å². The van der Waals surface area contributed by atoms with Gasteiger partial charge in [-0.2, -0.15) is 13.2 Å². The first kappa shape index (κ1) is 25.7. The summed E-state index contributed by atoms with van der Waals surface area (Å²) in [6.45, 7) is 4.87. The number of ether oxygens (including phenoxy) is 1. The van der Waals surface area contributed by atoms with Crippen LogP contribution in [-0.4, -0.2) is 67.6 Å². The molecule has 2 aromatic carbocycles. The van der Waals surface area contributed by atoms with Crippen molar-refractivity contribution in [3.8, 4) is 0 Å². The van der Waals surface area contributed by atoms with E-state index in [4.69, 9.17) is 4.74 Å². The maximum Gasteiger partial charge on any atom is 0.430 e. The molecule has 1 N–H and O–H groups in total. The van der Waals surface area contributed by atoms with Gasteiger partial charge in [-0.25, -0.2) is 0 Å². The summed E-state index contributed by atoms with van der Waals surface area (Å²) in [6, 6.07) is 12.7. The molecule has 6 nitrogen and oxygen atoms in total. The zero-order valence-electron chi connectivity index (χ0n) is 19.6. The van der Waals surface area contributed by atoms with Crippen LogP contribution < -0.4 is 5.32 Å². The third kappa shape index (κ3) is 5.26. The fourth-order valence-electron chi connectivity index (χ4n) is 4.35. The second-order valence-electron chi connectivity index (χ2n) is 8.49. The number of alkyl halides is 3. The highest BCUT2D eigenvalue weighted by molar-refractivity contribution is 5.93. The van der Waals surface area contributed by atoms with Crippen molar-refractivity contribution >= 4 is 17.5 Å². The first-order valence-electron chi connectivity index (χ1n) is 11.2. The van der Waals surface area contributed by atoms with Crippen LogP contribution in [-0.2, 0) is 19.9 Å². The van der Waals surface area contributed by atoms with Gasteiger partial charge in [-0.1, -0.05) is 48.5 Å². The summed E-state index contributed by atoms with van der Waals surface area (Å²) >= 11 is 0. The number of nitrogens with zero attached hydrogens (tertiary/aromatic N) is 2. The van der Waals surface area contributed by atoms with Gasteiger partial charge >= 0.3 is 6.18 Å². The van der Waals surface area contributed by atoms with Crippen molar-refractivity contribution in [2.75, 3.05) is 45.2 Å². The van der Waals surface area contributed by atoms with E-state index in [0.717, 1.165) is 23.9 Å². The van der Waals surface area contributed by atoms with Crippen LogP contribution in [0.4, 0.5) is 18.9 Å². The fourth-order valence-corrected chi connectivity index (χ4v) is 4.35. The van der Waals surface area contributed by atoms with Crippen LogP contribution in [0, 0.1) is 13.8 Å². The number of methoxy groups -OCH3 is 1. The summed E-state index contributed by atoms with van der Waals surface area (Å²) in [5.41, 5.74) is -0.681. The average molecular weight is 478 g/mol. The lowest BCUT2D eigenvalue weighted by atomic mass is 9.91. The summed E-state index contributed by atoms with van der Waals surface area (Å²) in [4.78, 5) is 28.9. The number of amides is 2. The summed E-state index contributed by atoms with van der Waals surface area (Å²) in [5, 5.41) is 2.93. The number of benzene rings is 2. The first-order valence-corrected chi connectivity index (χ1v) is 11.2. The molecule has 0 spiro atoms. The van der Waals surface area contributed by atoms with E-state index in [1.807, 2.05) is 36.9 Å². The minimum absolute atomic E-state index is 0.0591.